The highest BCUT2D eigenvalue weighted by Crippen LogP contribution is 2.39. The van der Waals surface area contributed by atoms with Gasteiger partial charge in [-0.3, -0.25) is 9.69 Å². The van der Waals surface area contributed by atoms with Crippen molar-refractivity contribution in [1.29, 1.82) is 0 Å². The first-order chi connectivity index (χ1) is 19.0. The molecule has 4 aromatic rings. The zero-order valence-corrected chi connectivity index (χ0v) is 20.6. The Morgan fingerprint density at radius 2 is 1.90 bits per heavy atom. The van der Waals surface area contributed by atoms with E-state index in [0.29, 0.717) is 41.4 Å². The van der Waals surface area contributed by atoms with Crippen LogP contribution in [0, 0.1) is 17.6 Å². The van der Waals surface area contributed by atoms with Gasteiger partial charge in [-0.2, -0.15) is 23.3 Å². The van der Waals surface area contributed by atoms with Gasteiger partial charge in [0.2, 0.25) is 5.82 Å². The van der Waals surface area contributed by atoms with E-state index in [1.54, 1.807) is 24.3 Å². The molecule has 14 heteroatoms. The number of carboxylic acid groups (broad SMARTS) is 1. The summed E-state index contributed by atoms with van der Waals surface area (Å²) in [6.07, 6.45) is -3.78. The summed E-state index contributed by atoms with van der Waals surface area (Å²) in [4.78, 5) is 17.2. The zero-order valence-electron chi connectivity index (χ0n) is 20.6. The fourth-order valence-electron chi connectivity index (χ4n) is 4.69. The highest BCUT2D eigenvalue weighted by molar-refractivity contribution is 5.70. The largest absolute Gasteiger partial charge is 0.481 e. The molecule has 0 bridgehead atoms. The van der Waals surface area contributed by atoms with E-state index in [-0.39, 0.29) is 12.4 Å². The molecule has 0 saturated carbocycles. The van der Waals surface area contributed by atoms with Gasteiger partial charge in [-0.1, -0.05) is 29.4 Å². The van der Waals surface area contributed by atoms with Crippen LogP contribution in [0.4, 0.5) is 22.0 Å². The molecule has 0 amide bonds. The van der Waals surface area contributed by atoms with Crippen molar-refractivity contribution >= 4 is 5.97 Å². The van der Waals surface area contributed by atoms with Crippen LogP contribution in [0.25, 0.3) is 28.5 Å². The van der Waals surface area contributed by atoms with Crippen LogP contribution in [-0.4, -0.2) is 60.6 Å². The van der Waals surface area contributed by atoms with E-state index >= 15 is 0 Å². The molecule has 2 aromatic carbocycles. The molecule has 1 aliphatic heterocycles. The number of benzene rings is 2. The lowest BCUT2D eigenvalue weighted by molar-refractivity contribution is -0.144. The van der Waals surface area contributed by atoms with Crippen LogP contribution in [0.15, 0.2) is 53.2 Å². The van der Waals surface area contributed by atoms with Gasteiger partial charge in [-0.25, -0.2) is 13.5 Å². The normalized spacial score (nSPS) is 17.2. The molecule has 9 nitrogen and oxygen atoms in total. The molecule has 210 valence electrons. The van der Waals surface area contributed by atoms with Crippen molar-refractivity contribution in [3.8, 4) is 28.5 Å². The van der Waals surface area contributed by atoms with Crippen LogP contribution in [0.3, 0.4) is 0 Å². The molecule has 40 heavy (non-hydrogen) atoms. The lowest BCUT2D eigenvalue weighted by Crippen LogP contribution is -2.40. The molecular formula is C26H22F5N5O4. The van der Waals surface area contributed by atoms with E-state index in [1.165, 1.54) is 0 Å². The predicted molar refractivity (Wildman–Crippen MR) is 129 cm³/mol. The Morgan fingerprint density at radius 1 is 1.15 bits per heavy atom. The number of likely N-dealkylation sites (tertiary alicyclic amines) is 1. The number of piperidine rings is 1. The minimum absolute atomic E-state index is 0.0368. The van der Waals surface area contributed by atoms with Crippen LogP contribution in [0.5, 0.6) is 0 Å². The minimum atomic E-state index is -5.00. The highest BCUT2D eigenvalue weighted by Gasteiger charge is 2.41. The monoisotopic (exact) mass is 563 g/mol. The number of carbonyl (C=O) groups is 1. The maximum Gasteiger partial charge on any atom is 0.434 e. The van der Waals surface area contributed by atoms with Crippen LogP contribution in [0.2, 0.25) is 0 Å². The van der Waals surface area contributed by atoms with Gasteiger partial charge in [0.25, 0.3) is 5.89 Å². The second kappa shape index (κ2) is 10.8. The van der Waals surface area contributed by atoms with Crippen LogP contribution >= 0.6 is 0 Å². The first kappa shape index (κ1) is 27.4. The minimum Gasteiger partial charge on any atom is -0.481 e. The lowest BCUT2D eigenvalue weighted by Gasteiger charge is -2.32. The molecule has 2 aromatic heterocycles. The Bertz CT molecular complexity index is 1520. The smallest absolute Gasteiger partial charge is 0.434 e. The third kappa shape index (κ3) is 5.58. The second-order valence-corrected chi connectivity index (χ2v) is 9.41. The fraction of sp³-hybridized carbons (Fsp3) is 0.308. The molecule has 0 radical (unpaired) electrons. The van der Waals surface area contributed by atoms with Gasteiger partial charge in [0.15, 0.2) is 11.5 Å². The van der Waals surface area contributed by atoms with Gasteiger partial charge in [0.05, 0.1) is 23.8 Å². The first-order valence-corrected chi connectivity index (χ1v) is 12.2. The average Bonchev–Trinajstić information content (AvgIpc) is 3.57. The third-order valence-corrected chi connectivity index (χ3v) is 6.67. The molecule has 1 fully saturated rings. The van der Waals surface area contributed by atoms with E-state index < -0.39 is 58.6 Å². The molecule has 2 unspecified atom stereocenters. The van der Waals surface area contributed by atoms with E-state index in [1.807, 2.05) is 4.90 Å². The first-order valence-electron chi connectivity index (χ1n) is 12.2. The number of alkyl halides is 3. The fourth-order valence-corrected chi connectivity index (χ4v) is 4.69. The zero-order chi connectivity index (χ0) is 28.6. The van der Waals surface area contributed by atoms with Crippen molar-refractivity contribution < 1.29 is 41.5 Å². The number of hydrogen-bond donors (Lipinski definition) is 2. The van der Waals surface area contributed by atoms with Crippen molar-refractivity contribution in [2.45, 2.75) is 25.1 Å². The molecule has 1 saturated heterocycles. The summed E-state index contributed by atoms with van der Waals surface area (Å²) in [6.45, 7) is 1.27. The van der Waals surface area contributed by atoms with Crippen molar-refractivity contribution in [3.63, 3.8) is 0 Å². The molecule has 0 spiro atoms. The lowest BCUT2D eigenvalue weighted by atomic mass is 9.97. The summed E-state index contributed by atoms with van der Waals surface area (Å²) < 4.78 is 74.9. The predicted octanol–water partition coefficient (Wildman–Crippen LogP) is 4.72. The number of carboxylic acids is 1. The highest BCUT2D eigenvalue weighted by atomic mass is 19.4. The Morgan fingerprint density at radius 3 is 2.58 bits per heavy atom. The van der Waals surface area contributed by atoms with Crippen LogP contribution in [0.1, 0.15) is 30.2 Å². The van der Waals surface area contributed by atoms with E-state index in [0.717, 1.165) is 24.8 Å². The molecular weight excluding hydrogens is 541 g/mol. The van der Waals surface area contributed by atoms with Crippen molar-refractivity contribution in [2.75, 3.05) is 19.6 Å². The van der Waals surface area contributed by atoms with Crippen molar-refractivity contribution in [3.05, 3.63) is 71.6 Å². The standard InChI is InChI=1S/C26H22F5N5O4/c27-17-7-8-20(19(28)10-17)36-22(26(29,30)31)18(11-32-36)24-33-23(34-40-24)15-5-3-14(4-6-15)21(37)13-35-9-1-2-16(12-35)25(38)39/h3-8,10-11,16,21,37H,1-2,9,12-13H2,(H,38,39). The van der Waals surface area contributed by atoms with Gasteiger partial charge in [0.1, 0.15) is 11.5 Å². The van der Waals surface area contributed by atoms with Gasteiger partial charge in [0, 0.05) is 24.7 Å². The summed E-state index contributed by atoms with van der Waals surface area (Å²) in [5.74, 6) is -4.09. The molecule has 0 aliphatic carbocycles. The molecule has 1 aliphatic rings. The van der Waals surface area contributed by atoms with Crippen molar-refractivity contribution in [1.82, 2.24) is 24.8 Å². The quantitative estimate of drug-likeness (QED) is 0.311. The van der Waals surface area contributed by atoms with Gasteiger partial charge in [-0.05, 0) is 37.1 Å². The number of hydrogen-bond acceptors (Lipinski definition) is 7. The summed E-state index contributed by atoms with van der Waals surface area (Å²) >= 11 is 0. The second-order valence-electron chi connectivity index (χ2n) is 9.41. The number of aliphatic carboxylic acids is 1. The van der Waals surface area contributed by atoms with Gasteiger partial charge >= 0.3 is 12.1 Å². The molecule has 2 N–H and O–H groups in total. The number of aliphatic hydroxyl groups is 1. The summed E-state index contributed by atoms with van der Waals surface area (Å²) in [7, 11) is 0. The van der Waals surface area contributed by atoms with Crippen molar-refractivity contribution in [2.24, 2.45) is 5.92 Å². The topological polar surface area (TPSA) is 118 Å². The number of halogens is 5. The molecule has 5 rings (SSSR count). The molecule has 2 atom stereocenters. The number of β-amino-alcohol motifs (C(OH)–C–C–N with tert-alkyl or cyclic N) is 1. The average molecular weight is 563 g/mol. The Kier molecular flexibility index (Phi) is 7.38. The Labute approximate surface area is 223 Å². The summed E-state index contributed by atoms with van der Waals surface area (Å²) in [5.41, 5.74) is -1.65. The number of rotatable bonds is 7. The Hall–Kier alpha value is -4.17. The SMILES string of the molecule is O=C(O)C1CCCN(CC(O)c2ccc(-c3noc(-c4cnn(-c5ccc(F)cc5F)c4C(F)(F)F)n3)cc2)C1. The summed E-state index contributed by atoms with van der Waals surface area (Å²) in [5, 5.41) is 27.3. The summed E-state index contributed by atoms with van der Waals surface area (Å²) in [6, 6.07) is 8.42. The number of aromatic nitrogens is 4. The van der Waals surface area contributed by atoms with Crippen LogP contribution in [-0.2, 0) is 11.0 Å². The molecule has 3 heterocycles. The maximum absolute atomic E-state index is 14.2. The third-order valence-electron chi connectivity index (χ3n) is 6.67. The van der Waals surface area contributed by atoms with E-state index in [2.05, 4.69) is 15.2 Å². The van der Waals surface area contributed by atoms with Gasteiger partial charge in [-0.15, -0.1) is 0 Å². The maximum atomic E-state index is 14.2. The Balaban J connectivity index is 1.36. The van der Waals surface area contributed by atoms with Crippen LogP contribution < -0.4 is 0 Å². The van der Waals surface area contributed by atoms with Gasteiger partial charge < -0.3 is 14.7 Å². The number of aliphatic hydroxyl groups excluding tert-OH is 1. The van der Waals surface area contributed by atoms with E-state index in [9.17, 15) is 37.0 Å². The number of nitrogens with zero attached hydrogens (tertiary/aromatic N) is 5. The van der Waals surface area contributed by atoms with E-state index in [4.69, 9.17) is 4.52 Å².